The Bertz CT molecular complexity index is 500. The molecule has 1 aliphatic heterocycles. The van der Waals surface area contributed by atoms with Crippen LogP contribution in [-0.4, -0.2) is 47.4 Å². The number of hydrogen-bond donors (Lipinski definition) is 0. The van der Waals surface area contributed by atoms with Gasteiger partial charge in [-0.3, -0.25) is 9.69 Å². The molecule has 0 N–H and O–H groups in total. The van der Waals surface area contributed by atoms with Crippen LogP contribution in [-0.2, 0) is 0 Å². The summed E-state index contributed by atoms with van der Waals surface area (Å²) in [5.74, 6) is 0.138. The molecule has 4 heteroatoms. The first kappa shape index (κ1) is 15.5. The summed E-state index contributed by atoms with van der Waals surface area (Å²) in [6, 6.07) is 5.83. The average molecular weight is 339 g/mol. The lowest BCUT2D eigenvalue weighted by Gasteiger charge is -2.42. The highest BCUT2D eigenvalue weighted by Crippen LogP contribution is 2.20. The number of nitrogens with zero attached hydrogens (tertiary/aromatic N) is 2. The van der Waals surface area contributed by atoms with Gasteiger partial charge in [0.15, 0.2) is 0 Å². The SMILES string of the molecule is Cc1ccc(C(=O)N2CCN(C(C)(C)C)CC2)cc1Br. The highest BCUT2D eigenvalue weighted by molar-refractivity contribution is 9.10. The van der Waals surface area contributed by atoms with E-state index in [1.165, 1.54) is 0 Å². The predicted molar refractivity (Wildman–Crippen MR) is 86.1 cm³/mol. The Morgan fingerprint density at radius 1 is 1.15 bits per heavy atom. The zero-order valence-corrected chi connectivity index (χ0v) is 14.3. The van der Waals surface area contributed by atoms with Crippen LogP contribution in [0, 0.1) is 6.92 Å². The van der Waals surface area contributed by atoms with Gasteiger partial charge in [0.1, 0.15) is 0 Å². The summed E-state index contributed by atoms with van der Waals surface area (Å²) >= 11 is 3.50. The first-order valence-corrected chi connectivity index (χ1v) is 7.89. The summed E-state index contributed by atoms with van der Waals surface area (Å²) in [6.45, 7) is 12.2. The van der Waals surface area contributed by atoms with Gasteiger partial charge in [-0.05, 0) is 45.4 Å². The number of halogens is 1. The number of carbonyl (C=O) groups is 1. The first-order chi connectivity index (χ1) is 9.29. The summed E-state index contributed by atoms with van der Waals surface area (Å²) in [5.41, 5.74) is 2.10. The highest BCUT2D eigenvalue weighted by atomic mass is 79.9. The second-order valence-electron chi connectivity index (χ2n) is 6.41. The number of carbonyl (C=O) groups excluding carboxylic acids is 1. The maximum atomic E-state index is 12.5. The normalized spacial score (nSPS) is 17.4. The van der Waals surface area contributed by atoms with Crippen LogP contribution < -0.4 is 0 Å². The lowest BCUT2D eigenvalue weighted by atomic mass is 10.0. The van der Waals surface area contributed by atoms with E-state index in [1.54, 1.807) is 0 Å². The number of hydrogen-bond acceptors (Lipinski definition) is 2. The zero-order valence-electron chi connectivity index (χ0n) is 12.7. The summed E-state index contributed by atoms with van der Waals surface area (Å²) in [6.07, 6.45) is 0. The average Bonchev–Trinajstić information content (AvgIpc) is 2.40. The van der Waals surface area contributed by atoms with Gasteiger partial charge in [0.25, 0.3) is 5.91 Å². The van der Waals surface area contributed by atoms with Crippen molar-refractivity contribution in [2.24, 2.45) is 0 Å². The Morgan fingerprint density at radius 2 is 1.75 bits per heavy atom. The van der Waals surface area contributed by atoms with Crippen LogP contribution in [0.4, 0.5) is 0 Å². The van der Waals surface area contributed by atoms with Gasteiger partial charge < -0.3 is 4.90 Å². The minimum Gasteiger partial charge on any atom is -0.336 e. The van der Waals surface area contributed by atoms with Gasteiger partial charge in [-0.2, -0.15) is 0 Å². The number of piperazine rings is 1. The first-order valence-electron chi connectivity index (χ1n) is 7.09. The molecular formula is C16H23BrN2O. The minimum atomic E-state index is 0.138. The van der Waals surface area contributed by atoms with Gasteiger partial charge in [0, 0.05) is 41.8 Å². The number of benzene rings is 1. The van der Waals surface area contributed by atoms with Crippen LogP contribution in [0.1, 0.15) is 36.7 Å². The Labute approximate surface area is 130 Å². The van der Waals surface area contributed by atoms with Crippen LogP contribution in [0.5, 0.6) is 0 Å². The largest absolute Gasteiger partial charge is 0.336 e. The standard InChI is InChI=1S/C16H23BrN2O/c1-12-5-6-13(11-14(12)17)15(20)18-7-9-19(10-8-18)16(2,3)4/h5-6,11H,7-10H2,1-4H3. The molecule has 1 heterocycles. The number of amides is 1. The van der Waals surface area contributed by atoms with Crippen LogP contribution in [0.2, 0.25) is 0 Å². The fraction of sp³-hybridized carbons (Fsp3) is 0.562. The summed E-state index contributed by atoms with van der Waals surface area (Å²) in [4.78, 5) is 16.9. The molecule has 0 atom stereocenters. The molecular weight excluding hydrogens is 316 g/mol. The molecule has 3 nitrogen and oxygen atoms in total. The Balaban J connectivity index is 2.03. The van der Waals surface area contributed by atoms with E-state index in [1.807, 2.05) is 30.0 Å². The third-order valence-corrected chi connectivity index (χ3v) is 4.79. The molecule has 1 aromatic carbocycles. The van der Waals surface area contributed by atoms with E-state index in [-0.39, 0.29) is 11.4 Å². The van der Waals surface area contributed by atoms with Crippen molar-refractivity contribution in [2.45, 2.75) is 33.2 Å². The van der Waals surface area contributed by atoms with E-state index in [4.69, 9.17) is 0 Å². The molecule has 1 saturated heterocycles. The van der Waals surface area contributed by atoms with Crippen molar-refractivity contribution in [1.82, 2.24) is 9.80 Å². The van der Waals surface area contributed by atoms with Crippen molar-refractivity contribution >= 4 is 21.8 Å². The van der Waals surface area contributed by atoms with Crippen molar-refractivity contribution < 1.29 is 4.79 Å². The number of rotatable bonds is 1. The second kappa shape index (κ2) is 5.86. The van der Waals surface area contributed by atoms with E-state index in [0.717, 1.165) is 41.8 Å². The molecule has 0 bridgehead atoms. The van der Waals surface area contributed by atoms with Crippen molar-refractivity contribution in [2.75, 3.05) is 26.2 Å². The van der Waals surface area contributed by atoms with E-state index in [0.29, 0.717) is 0 Å². The minimum absolute atomic E-state index is 0.138. The quantitative estimate of drug-likeness (QED) is 0.784. The fourth-order valence-corrected chi connectivity index (χ4v) is 2.87. The molecule has 1 fully saturated rings. The smallest absolute Gasteiger partial charge is 0.253 e. The Morgan fingerprint density at radius 3 is 2.25 bits per heavy atom. The van der Waals surface area contributed by atoms with E-state index >= 15 is 0 Å². The monoisotopic (exact) mass is 338 g/mol. The molecule has 0 aromatic heterocycles. The molecule has 0 aliphatic carbocycles. The highest BCUT2D eigenvalue weighted by Gasteiger charge is 2.28. The molecule has 20 heavy (non-hydrogen) atoms. The number of aryl methyl sites for hydroxylation is 1. The molecule has 0 unspecified atom stereocenters. The summed E-state index contributed by atoms with van der Waals surface area (Å²) in [5, 5.41) is 0. The van der Waals surface area contributed by atoms with E-state index in [9.17, 15) is 4.79 Å². The lowest BCUT2D eigenvalue weighted by Crippen LogP contribution is -2.54. The molecule has 110 valence electrons. The molecule has 0 spiro atoms. The maximum Gasteiger partial charge on any atom is 0.253 e. The topological polar surface area (TPSA) is 23.6 Å². The molecule has 1 amide bonds. The molecule has 0 saturated carbocycles. The van der Waals surface area contributed by atoms with Crippen LogP contribution in [0.15, 0.2) is 22.7 Å². The van der Waals surface area contributed by atoms with Crippen molar-refractivity contribution in [3.63, 3.8) is 0 Å². The van der Waals surface area contributed by atoms with E-state index < -0.39 is 0 Å². The van der Waals surface area contributed by atoms with Gasteiger partial charge in [-0.1, -0.05) is 22.0 Å². The Hall–Kier alpha value is -0.870. The van der Waals surface area contributed by atoms with Gasteiger partial charge in [-0.15, -0.1) is 0 Å². The lowest BCUT2D eigenvalue weighted by molar-refractivity contribution is 0.0451. The van der Waals surface area contributed by atoms with Crippen LogP contribution in [0.25, 0.3) is 0 Å². The van der Waals surface area contributed by atoms with Gasteiger partial charge in [0.2, 0.25) is 0 Å². The van der Waals surface area contributed by atoms with Crippen LogP contribution >= 0.6 is 15.9 Å². The fourth-order valence-electron chi connectivity index (χ4n) is 2.49. The van der Waals surface area contributed by atoms with Gasteiger partial charge in [0.05, 0.1) is 0 Å². The van der Waals surface area contributed by atoms with Gasteiger partial charge in [-0.25, -0.2) is 0 Å². The third-order valence-electron chi connectivity index (χ3n) is 3.93. The molecule has 0 radical (unpaired) electrons. The van der Waals surface area contributed by atoms with Crippen molar-refractivity contribution in [1.29, 1.82) is 0 Å². The van der Waals surface area contributed by atoms with Crippen molar-refractivity contribution in [3.05, 3.63) is 33.8 Å². The summed E-state index contributed by atoms with van der Waals surface area (Å²) in [7, 11) is 0. The van der Waals surface area contributed by atoms with Crippen LogP contribution in [0.3, 0.4) is 0 Å². The second-order valence-corrected chi connectivity index (χ2v) is 7.27. The maximum absolute atomic E-state index is 12.5. The molecule has 1 aliphatic rings. The Kier molecular flexibility index (Phi) is 4.55. The zero-order chi connectivity index (χ0) is 14.9. The predicted octanol–water partition coefficient (Wildman–Crippen LogP) is 3.31. The molecule has 1 aromatic rings. The van der Waals surface area contributed by atoms with Crippen molar-refractivity contribution in [3.8, 4) is 0 Å². The molecule has 2 rings (SSSR count). The van der Waals surface area contributed by atoms with Gasteiger partial charge >= 0.3 is 0 Å². The third kappa shape index (κ3) is 3.41. The summed E-state index contributed by atoms with van der Waals surface area (Å²) < 4.78 is 0.997. The van der Waals surface area contributed by atoms with E-state index in [2.05, 4.69) is 41.6 Å².